The average Bonchev–Trinajstić information content (AvgIpc) is 2.44. The van der Waals surface area contributed by atoms with Gasteiger partial charge in [-0.1, -0.05) is 19.1 Å². The molecular weight excluding hydrogens is 279 g/mol. The number of nitrogens with one attached hydrogen (secondary N) is 2. The van der Waals surface area contributed by atoms with Crippen molar-refractivity contribution in [3.63, 3.8) is 0 Å². The fourth-order valence-electron chi connectivity index (χ4n) is 1.67. The molecule has 118 valence electrons. The molecule has 1 aromatic rings. The molecule has 0 radical (unpaired) electrons. The zero-order chi connectivity index (χ0) is 15.9. The Balaban J connectivity index is 2.80. The molecule has 0 spiro atoms. The second kappa shape index (κ2) is 7.90. The summed E-state index contributed by atoms with van der Waals surface area (Å²) in [4.78, 5) is 4.32. The van der Waals surface area contributed by atoms with E-state index in [1.54, 1.807) is 6.07 Å². The molecule has 2 N–H and O–H groups in total. The smallest absolute Gasteiger partial charge is 0.357 e. The minimum Gasteiger partial charge on any atom is -0.357 e. The maximum Gasteiger partial charge on any atom is 0.416 e. The molecule has 0 amide bonds. The molecule has 1 unspecified atom stereocenters. The Morgan fingerprint density at radius 1 is 1.29 bits per heavy atom. The predicted molar refractivity (Wildman–Crippen MR) is 79.1 cm³/mol. The van der Waals surface area contributed by atoms with Crippen molar-refractivity contribution in [3.8, 4) is 0 Å². The van der Waals surface area contributed by atoms with Gasteiger partial charge in [0.2, 0.25) is 0 Å². The molecule has 1 rings (SSSR count). The van der Waals surface area contributed by atoms with E-state index in [0.29, 0.717) is 18.1 Å². The molecule has 3 nitrogen and oxygen atoms in total. The number of hydrogen-bond donors (Lipinski definition) is 2. The Morgan fingerprint density at radius 2 is 2.00 bits per heavy atom. The van der Waals surface area contributed by atoms with E-state index in [4.69, 9.17) is 0 Å². The molecule has 1 aromatic carbocycles. The number of rotatable bonds is 5. The summed E-state index contributed by atoms with van der Waals surface area (Å²) < 4.78 is 37.9. The van der Waals surface area contributed by atoms with Gasteiger partial charge in [-0.3, -0.25) is 0 Å². The average molecular weight is 301 g/mol. The third-order valence-corrected chi connectivity index (χ3v) is 3.01. The van der Waals surface area contributed by atoms with Crippen LogP contribution in [0.5, 0.6) is 0 Å². The third-order valence-electron chi connectivity index (χ3n) is 3.01. The Morgan fingerprint density at radius 3 is 2.57 bits per heavy atom. The lowest BCUT2D eigenvalue weighted by atomic mass is 10.1. The van der Waals surface area contributed by atoms with Crippen LogP contribution >= 0.6 is 0 Å². The number of nitrogens with zero attached hydrogens (tertiary/aromatic N) is 1. The first kappa shape index (κ1) is 17.3. The van der Waals surface area contributed by atoms with Gasteiger partial charge >= 0.3 is 6.18 Å². The maximum absolute atomic E-state index is 12.6. The minimum atomic E-state index is -4.32. The molecule has 0 aliphatic heterocycles. The van der Waals surface area contributed by atoms with Crippen LogP contribution in [0.15, 0.2) is 29.3 Å². The SMILES string of the molecule is CCNC(=NCc1cccc(C(F)(F)F)c1)NC(C)CC. The predicted octanol–water partition coefficient (Wildman–Crippen LogP) is 3.56. The lowest BCUT2D eigenvalue weighted by Gasteiger charge is -2.16. The molecule has 6 heteroatoms. The molecule has 0 aliphatic rings. The first-order valence-corrected chi connectivity index (χ1v) is 7.07. The van der Waals surface area contributed by atoms with Crippen LogP contribution in [0.3, 0.4) is 0 Å². The summed E-state index contributed by atoms with van der Waals surface area (Å²) in [7, 11) is 0. The van der Waals surface area contributed by atoms with Crippen LogP contribution in [0, 0.1) is 0 Å². The van der Waals surface area contributed by atoms with Crippen LogP contribution in [0.1, 0.15) is 38.3 Å². The van der Waals surface area contributed by atoms with Crippen molar-refractivity contribution in [1.29, 1.82) is 0 Å². The van der Waals surface area contributed by atoms with Crippen molar-refractivity contribution >= 4 is 5.96 Å². The number of alkyl halides is 3. The van der Waals surface area contributed by atoms with Gasteiger partial charge in [0.15, 0.2) is 5.96 Å². The van der Waals surface area contributed by atoms with Gasteiger partial charge in [0.25, 0.3) is 0 Å². The van der Waals surface area contributed by atoms with Crippen LogP contribution in [0.2, 0.25) is 0 Å². The van der Waals surface area contributed by atoms with Crippen molar-refractivity contribution in [1.82, 2.24) is 10.6 Å². The van der Waals surface area contributed by atoms with Crippen molar-refractivity contribution in [2.75, 3.05) is 6.54 Å². The van der Waals surface area contributed by atoms with Crippen LogP contribution in [-0.4, -0.2) is 18.5 Å². The van der Waals surface area contributed by atoms with E-state index in [2.05, 4.69) is 15.6 Å². The van der Waals surface area contributed by atoms with E-state index < -0.39 is 11.7 Å². The number of halogens is 3. The van der Waals surface area contributed by atoms with E-state index >= 15 is 0 Å². The summed E-state index contributed by atoms with van der Waals surface area (Å²) in [5, 5.41) is 6.28. The van der Waals surface area contributed by atoms with Crippen LogP contribution < -0.4 is 10.6 Å². The highest BCUT2D eigenvalue weighted by molar-refractivity contribution is 5.80. The largest absolute Gasteiger partial charge is 0.416 e. The third kappa shape index (κ3) is 6.06. The maximum atomic E-state index is 12.6. The van der Waals surface area contributed by atoms with Gasteiger partial charge in [0, 0.05) is 12.6 Å². The van der Waals surface area contributed by atoms with Gasteiger partial charge in [-0.05, 0) is 38.0 Å². The Hall–Kier alpha value is -1.72. The van der Waals surface area contributed by atoms with Crippen LogP contribution in [-0.2, 0) is 12.7 Å². The second-order valence-corrected chi connectivity index (χ2v) is 4.85. The molecule has 0 saturated carbocycles. The highest BCUT2D eigenvalue weighted by Crippen LogP contribution is 2.29. The van der Waals surface area contributed by atoms with E-state index in [9.17, 15) is 13.2 Å². The fraction of sp³-hybridized carbons (Fsp3) is 0.533. The Kier molecular flexibility index (Phi) is 6.52. The number of benzene rings is 1. The van der Waals surface area contributed by atoms with Crippen molar-refractivity contribution in [2.45, 2.75) is 46.0 Å². The monoisotopic (exact) mass is 301 g/mol. The highest BCUT2D eigenvalue weighted by atomic mass is 19.4. The van der Waals surface area contributed by atoms with Crippen molar-refractivity contribution < 1.29 is 13.2 Å². The lowest BCUT2D eigenvalue weighted by molar-refractivity contribution is -0.137. The molecule has 0 fully saturated rings. The molecule has 1 atom stereocenters. The lowest BCUT2D eigenvalue weighted by Crippen LogP contribution is -2.41. The second-order valence-electron chi connectivity index (χ2n) is 4.85. The highest BCUT2D eigenvalue weighted by Gasteiger charge is 2.30. The molecular formula is C15H22F3N3. The van der Waals surface area contributed by atoms with Gasteiger partial charge in [-0.25, -0.2) is 4.99 Å². The Bertz CT molecular complexity index is 469. The van der Waals surface area contributed by atoms with E-state index in [0.717, 1.165) is 18.6 Å². The molecule has 0 heterocycles. The fourth-order valence-corrected chi connectivity index (χ4v) is 1.67. The quantitative estimate of drug-likeness (QED) is 0.644. The van der Waals surface area contributed by atoms with Gasteiger partial charge in [-0.2, -0.15) is 13.2 Å². The molecule has 0 aromatic heterocycles. The molecule has 0 aliphatic carbocycles. The molecule has 0 saturated heterocycles. The summed E-state index contributed by atoms with van der Waals surface area (Å²) in [5.41, 5.74) is -0.110. The van der Waals surface area contributed by atoms with Gasteiger partial charge in [0.05, 0.1) is 12.1 Å². The van der Waals surface area contributed by atoms with Gasteiger partial charge < -0.3 is 10.6 Å². The standard InChI is InChI=1S/C15H22F3N3/c1-4-11(3)21-14(19-5-2)20-10-12-7-6-8-13(9-12)15(16,17)18/h6-9,11H,4-5,10H2,1-3H3,(H2,19,20,21). The van der Waals surface area contributed by atoms with Crippen molar-refractivity contribution in [2.24, 2.45) is 4.99 Å². The van der Waals surface area contributed by atoms with Gasteiger partial charge in [-0.15, -0.1) is 0 Å². The van der Waals surface area contributed by atoms with Crippen molar-refractivity contribution in [3.05, 3.63) is 35.4 Å². The zero-order valence-electron chi connectivity index (χ0n) is 12.6. The first-order chi connectivity index (χ1) is 9.86. The number of aliphatic imine (C=N–C) groups is 1. The molecule has 0 bridgehead atoms. The Labute approximate surface area is 123 Å². The summed E-state index contributed by atoms with van der Waals surface area (Å²) in [6, 6.07) is 5.50. The minimum absolute atomic E-state index is 0.204. The summed E-state index contributed by atoms with van der Waals surface area (Å²) >= 11 is 0. The summed E-state index contributed by atoms with van der Waals surface area (Å²) in [5.74, 6) is 0.615. The first-order valence-electron chi connectivity index (χ1n) is 7.07. The van der Waals surface area contributed by atoms with E-state index in [1.807, 2.05) is 20.8 Å². The molecule has 21 heavy (non-hydrogen) atoms. The normalized spacial score (nSPS) is 13.9. The number of hydrogen-bond acceptors (Lipinski definition) is 1. The van der Waals surface area contributed by atoms with E-state index in [-0.39, 0.29) is 12.6 Å². The summed E-state index contributed by atoms with van der Waals surface area (Å²) in [6.45, 7) is 6.92. The zero-order valence-corrected chi connectivity index (χ0v) is 12.6. The summed E-state index contributed by atoms with van der Waals surface area (Å²) in [6.07, 6.45) is -3.38. The van der Waals surface area contributed by atoms with Crippen LogP contribution in [0.4, 0.5) is 13.2 Å². The van der Waals surface area contributed by atoms with E-state index in [1.165, 1.54) is 6.07 Å². The topological polar surface area (TPSA) is 36.4 Å². The number of guanidine groups is 1. The van der Waals surface area contributed by atoms with Gasteiger partial charge in [0.1, 0.15) is 0 Å². The van der Waals surface area contributed by atoms with Crippen LogP contribution in [0.25, 0.3) is 0 Å².